The second kappa shape index (κ2) is 12.1. The Balaban J connectivity index is 0.00000357. The molecule has 226 valence electrons. The van der Waals surface area contributed by atoms with Gasteiger partial charge in [-0.25, -0.2) is 13.8 Å². The number of halogens is 2. The van der Waals surface area contributed by atoms with Crippen molar-refractivity contribution in [3.63, 3.8) is 0 Å². The van der Waals surface area contributed by atoms with Gasteiger partial charge in [-0.3, -0.25) is 4.68 Å². The summed E-state index contributed by atoms with van der Waals surface area (Å²) in [6.07, 6.45) is 2.94. The van der Waals surface area contributed by atoms with Crippen molar-refractivity contribution in [2.45, 2.75) is 34.1 Å². The van der Waals surface area contributed by atoms with Gasteiger partial charge >= 0.3 is 21.1 Å². The molecule has 0 bridgehead atoms. The number of aromatic nitrogens is 4. The maximum Gasteiger partial charge on any atom is 2.00 e. The van der Waals surface area contributed by atoms with Crippen molar-refractivity contribution in [3.8, 4) is 34.1 Å². The summed E-state index contributed by atoms with van der Waals surface area (Å²) in [6.45, 7) is 7.73. The van der Waals surface area contributed by atoms with Gasteiger partial charge in [0.05, 0.1) is 6.20 Å². The van der Waals surface area contributed by atoms with Crippen molar-refractivity contribution >= 4 is 21.8 Å². The number of alkyl halides is 2. The maximum absolute atomic E-state index is 13.3. The molecule has 0 atom stereocenters. The smallest absolute Gasteiger partial charge is 0.509 e. The van der Waals surface area contributed by atoms with Crippen LogP contribution in [0.3, 0.4) is 0 Å². The van der Waals surface area contributed by atoms with Crippen molar-refractivity contribution in [1.29, 1.82) is 0 Å². The normalized spacial score (nSPS) is 11.4. The Morgan fingerprint density at radius 2 is 1.58 bits per heavy atom. The van der Waals surface area contributed by atoms with E-state index in [0.717, 1.165) is 61.0 Å². The molecular formula is C37H28F2N4OPt. The molecule has 45 heavy (non-hydrogen) atoms. The van der Waals surface area contributed by atoms with E-state index < -0.39 is 6.43 Å². The molecule has 0 radical (unpaired) electrons. The monoisotopic (exact) mass is 777 g/mol. The molecular weight excluding hydrogens is 750 g/mol. The van der Waals surface area contributed by atoms with Crippen LogP contribution < -0.4 is 4.74 Å². The molecule has 7 rings (SSSR count). The molecule has 0 N–H and O–H groups in total. The van der Waals surface area contributed by atoms with Crippen molar-refractivity contribution in [1.82, 2.24) is 19.3 Å². The second-order valence-corrected chi connectivity index (χ2v) is 11.1. The van der Waals surface area contributed by atoms with Gasteiger partial charge in [0.2, 0.25) is 0 Å². The number of benzene rings is 4. The summed E-state index contributed by atoms with van der Waals surface area (Å²) in [5.41, 5.74) is 8.02. The van der Waals surface area contributed by atoms with Gasteiger partial charge in [0.1, 0.15) is 5.82 Å². The zero-order valence-corrected chi connectivity index (χ0v) is 27.3. The molecule has 5 nitrogen and oxygen atoms in total. The van der Waals surface area contributed by atoms with Gasteiger partial charge in [0, 0.05) is 40.5 Å². The number of hydrogen-bond donors (Lipinski definition) is 0. The fraction of sp³-hybridized carbons (Fsp3) is 0.135. The van der Waals surface area contributed by atoms with E-state index in [1.165, 1.54) is 12.1 Å². The molecule has 0 saturated carbocycles. The number of aryl methyl sites for hydroxylation is 4. The first-order valence-electron chi connectivity index (χ1n) is 14.3. The van der Waals surface area contributed by atoms with E-state index in [4.69, 9.17) is 4.74 Å². The van der Waals surface area contributed by atoms with Gasteiger partial charge in [-0.15, -0.1) is 35.7 Å². The summed E-state index contributed by atoms with van der Waals surface area (Å²) in [5.74, 6) is 1.89. The van der Waals surface area contributed by atoms with Crippen LogP contribution in [0.2, 0.25) is 0 Å². The molecule has 4 aromatic carbocycles. The van der Waals surface area contributed by atoms with Crippen LogP contribution in [0.5, 0.6) is 11.5 Å². The Morgan fingerprint density at radius 3 is 2.33 bits per heavy atom. The molecule has 0 amide bonds. The number of rotatable bonds is 6. The molecule has 8 heteroatoms. The Kier molecular flexibility index (Phi) is 8.15. The molecule has 0 saturated heterocycles. The first kappa shape index (κ1) is 30.4. The summed E-state index contributed by atoms with van der Waals surface area (Å²) in [6, 6.07) is 30.0. The fourth-order valence-electron chi connectivity index (χ4n) is 5.94. The van der Waals surface area contributed by atoms with E-state index in [0.29, 0.717) is 17.2 Å². The molecule has 0 unspecified atom stereocenters. The molecule has 3 aromatic heterocycles. The molecule has 0 spiro atoms. The van der Waals surface area contributed by atoms with Gasteiger partial charge in [-0.05, 0) is 84.4 Å². The van der Waals surface area contributed by atoms with Crippen LogP contribution in [0.1, 0.15) is 34.2 Å². The van der Waals surface area contributed by atoms with Crippen LogP contribution in [0.15, 0.2) is 91.4 Å². The van der Waals surface area contributed by atoms with Crippen molar-refractivity contribution < 1.29 is 34.6 Å². The summed E-state index contributed by atoms with van der Waals surface area (Å²) in [7, 11) is 0. The Morgan fingerprint density at radius 1 is 0.800 bits per heavy atom. The summed E-state index contributed by atoms with van der Waals surface area (Å²) in [4.78, 5) is 4.65. The second-order valence-electron chi connectivity index (χ2n) is 11.1. The largest absolute Gasteiger partial charge is 2.00 e. The molecule has 0 aliphatic carbocycles. The first-order valence-corrected chi connectivity index (χ1v) is 14.3. The number of hydrogen-bond acceptors (Lipinski definition) is 3. The molecule has 0 aliphatic rings. The zero-order chi connectivity index (χ0) is 30.5. The molecule has 3 heterocycles. The summed E-state index contributed by atoms with van der Waals surface area (Å²) in [5, 5.41) is 6.74. The average Bonchev–Trinajstić information content (AvgIpc) is 3.59. The maximum atomic E-state index is 13.3. The number of para-hydroxylation sites is 1. The Labute approximate surface area is 274 Å². The summed E-state index contributed by atoms with van der Waals surface area (Å²) >= 11 is 0. The van der Waals surface area contributed by atoms with E-state index >= 15 is 0 Å². The van der Waals surface area contributed by atoms with E-state index in [1.807, 2.05) is 69.6 Å². The minimum atomic E-state index is -2.51. The SMILES string of the molecule is Cc1cc(Oc2[c-]c3c(cc2)c2ccccc2n3-c2cc(C)ccn2)[c-]c(-n2cc(-c3c(C)cc(C(F)F)cc3C)cn2)c1.[Pt+2]. The minimum absolute atomic E-state index is 0. The third-order valence-electron chi connectivity index (χ3n) is 7.81. The van der Waals surface area contributed by atoms with Crippen molar-refractivity contribution in [2.75, 3.05) is 0 Å². The third kappa shape index (κ3) is 5.69. The number of fused-ring (bicyclic) bond motifs is 3. The first-order chi connectivity index (χ1) is 21.2. The third-order valence-corrected chi connectivity index (χ3v) is 7.81. The zero-order valence-electron chi connectivity index (χ0n) is 25.0. The standard InChI is InChI=1S/C37H28F2N4O.Pt/c1-22-11-12-40-35(15-22)43-33-8-6-5-7-31(33)32-10-9-29(19-34(32)43)44-30-14-23(2)13-28(18-30)42-21-27(20-41-42)36-24(3)16-26(37(38)39)17-25(36)4;/h5-17,20-21,37H,1-4H3;/q-2;+2. The van der Waals surface area contributed by atoms with Crippen molar-refractivity contribution in [3.05, 3.63) is 131 Å². The predicted molar refractivity (Wildman–Crippen MR) is 169 cm³/mol. The Bertz CT molecular complexity index is 2180. The van der Waals surface area contributed by atoms with Crippen molar-refractivity contribution in [2.24, 2.45) is 0 Å². The van der Waals surface area contributed by atoms with Crippen LogP contribution in [0.25, 0.3) is 44.4 Å². The van der Waals surface area contributed by atoms with Crippen LogP contribution in [-0.2, 0) is 21.1 Å². The quantitative estimate of drug-likeness (QED) is 0.158. The topological polar surface area (TPSA) is 44.9 Å². The summed E-state index contributed by atoms with van der Waals surface area (Å²) < 4.78 is 36.8. The molecule has 0 fully saturated rings. The number of pyridine rings is 1. The predicted octanol–water partition coefficient (Wildman–Crippen LogP) is 9.59. The van der Waals surface area contributed by atoms with Crippen LogP contribution in [0.4, 0.5) is 8.78 Å². The van der Waals surface area contributed by atoms with Gasteiger partial charge < -0.3 is 9.30 Å². The van der Waals surface area contributed by atoms with Gasteiger partial charge in [0.15, 0.2) is 0 Å². The molecule has 7 aromatic rings. The van der Waals surface area contributed by atoms with Crippen LogP contribution in [-0.4, -0.2) is 19.3 Å². The number of ether oxygens (including phenoxy) is 1. The van der Waals surface area contributed by atoms with E-state index in [1.54, 1.807) is 10.9 Å². The van der Waals surface area contributed by atoms with Crippen LogP contribution in [0, 0.1) is 39.8 Å². The number of nitrogens with zero attached hydrogens (tertiary/aromatic N) is 4. The van der Waals surface area contributed by atoms with Crippen LogP contribution >= 0.6 is 0 Å². The van der Waals surface area contributed by atoms with E-state index in [-0.39, 0.29) is 26.6 Å². The molecule has 0 aliphatic heterocycles. The van der Waals surface area contributed by atoms with Gasteiger partial charge in [0.25, 0.3) is 6.43 Å². The Hall–Kier alpha value is -4.61. The van der Waals surface area contributed by atoms with Gasteiger partial charge in [-0.1, -0.05) is 30.6 Å². The van der Waals surface area contributed by atoms with E-state index in [2.05, 4.69) is 58.0 Å². The fourth-order valence-corrected chi connectivity index (χ4v) is 5.94. The van der Waals surface area contributed by atoms with E-state index in [9.17, 15) is 8.78 Å². The average molecular weight is 778 g/mol. The minimum Gasteiger partial charge on any atom is -0.509 e. The van der Waals surface area contributed by atoms with Gasteiger partial charge in [-0.2, -0.15) is 16.7 Å².